The zero-order chi connectivity index (χ0) is 28.7. The van der Waals surface area contributed by atoms with Crippen LogP contribution in [-0.4, -0.2) is 78.9 Å². The Bertz CT molecular complexity index is 1380. The van der Waals surface area contributed by atoms with Gasteiger partial charge in [-0.1, -0.05) is 17.9 Å². The molecule has 5 rings (SSSR count). The predicted octanol–water partition coefficient (Wildman–Crippen LogP) is 4.57. The number of aromatic nitrogens is 1. The summed E-state index contributed by atoms with van der Waals surface area (Å²) in [7, 11) is 1.59. The van der Waals surface area contributed by atoms with Gasteiger partial charge in [-0.3, -0.25) is 24.8 Å². The molecule has 0 aliphatic carbocycles. The SMILES string of the molecule is COc1ccc2ncc(CN3CCOCC3)c(C(F)CCC3(C(=O)NO)CCN(CC#Cc4cccs4)CC3)c2c1. The fraction of sp³-hybridized carbons (Fsp3) is 0.484. The molecule has 0 spiro atoms. The largest absolute Gasteiger partial charge is 0.497 e. The molecule has 2 N–H and O–H groups in total. The monoisotopic (exact) mass is 580 g/mol. The molecule has 2 saturated heterocycles. The van der Waals surface area contributed by atoms with Gasteiger partial charge >= 0.3 is 0 Å². The second kappa shape index (κ2) is 13.7. The van der Waals surface area contributed by atoms with Crippen molar-refractivity contribution in [3.63, 3.8) is 0 Å². The van der Waals surface area contributed by atoms with Gasteiger partial charge in [-0.25, -0.2) is 9.87 Å². The molecule has 3 aromatic rings. The van der Waals surface area contributed by atoms with E-state index in [0.29, 0.717) is 75.5 Å². The van der Waals surface area contributed by atoms with Crippen LogP contribution in [0.3, 0.4) is 0 Å². The number of hydroxylamine groups is 1. The van der Waals surface area contributed by atoms with Crippen molar-refractivity contribution in [2.24, 2.45) is 5.41 Å². The average Bonchev–Trinajstić information content (AvgIpc) is 3.54. The highest BCUT2D eigenvalue weighted by molar-refractivity contribution is 7.10. The van der Waals surface area contributed by atoms with E-state index < -0.39 is 17.5 Å². The number of carbonyl (C=O) groups excluding carboxylic acids is 1. The van der Waals surface area contributed by atoms with Crippen LogP contribution in [0.15, 0.2) is 41.9 Å². The number of morpholine rings is 1. The minimum atomic E-state index is -1.32. The number of amides is 1. The van der Waals surface area contributed by atoms with Crippen molar-refractivity contribution in [3.05, 3.63) is 57.9 Å². The van der Waals surface area contributed by atoms with Crippen LogP contribution >= 0.6 is 11.3 Å². The van der Waals surface area contributed by atoms with E-state index >= 15 is 4.39 Å². The quantitative estimate of drug-likeness (QED) is 0.218. The zero-order valence-electron chi connectivity index (χ0n) is 23.4. The number of nitrogens with zero attached hydrogens (tertiary/aromatic N) is 3. The lowest BCUT2D eigenvalue weighted by Crippen LogP contribution is -2.48. The second-order valence-corrected chi connectivity index (χ2v) is 11.7. The molecule has 2 aliphatic heterocycles. The van der Waals surface area contributed by atoms with Crippen LogP contribution in [0.1, 0.15) is 47.9 Å². The smallest absolute Gasteiger partial charge is 0.249 e. The summed E-state index contributed by atoms with van der Waals surface area (Å²) >= 11 is 1.61. The Kier molecular flexibility index (Phi) is 9.85. The molecule has 41 heavy (non-hydrogen) atoms. The van der Waals surface area contributed by atoms with E-state index in [-0.39, 0.29) is 6.42 Å². The highest BCUT2D eigenvalue weighted by Crippen LogP contribution is 2.41. The summed E-state index contributed by atoms with van der Waals surface area (Å²) in [6.07, 6.45) is 1.98. The van der Waals surface area contributed by atoms with E-state index in [4.69, 9.17) is 9.47 Å². The summed E-state index contributed by atoms with van der Waals surface area (Å²) in [5, 5.41) is 12.3. The summed E-state index contributed by atoms with van der Waals surface area (Å²) in [5.74, 6) is 6.59. The van der Waals surface area contributed by atoms with E-state index in [1.165, 1.54) is 0 Å². The van der Waals surface area contributed by atoms with E-state index in [2.05, 4.69) is 26.6 Å². The highest BCUT2D eigenvalue weighted by Gasteiger charge is 2.41. The van der Waals surface area contributed by atoms with Crippen LogP contribution in [0.2, 0.25) is 0 Å². The number of nitrogens with one attached hydrogen (secondary N) is 1. The Balaban J connectivity index is 1.33. The summed E-state index contributed by atoms with van der Waals surface area (Å²) in [6.45, 7) is 5.35. The van der Waals surface area contributed by atoms with Gasteiger partial charge in [0.15, 0.2) is 0 Å². The number of piperidine rings is 1. The lowest BCUT2D eigenvalue weighted by molar-refractivity contribution is -0.143. The second-order valence-electron chi connectivity index (χ2n) is 10.8. The number of likely N-dealkylation sites (tertiary alicyclic amines) is 1. The number of hydrogen-bond donors (Lipinski definition) is 2. The van der Waals surface area contributed by atoms with Crippen LogP contribution in [0.25, 0.3) is 10.9 Å². The molecule has 1 aromatic carbocycles. The summed E-state index contributed by atoms with van der Waals surface area (Å²) in [5.41, 5.74) is 3.16. The summed E-state index contributed by atoms with van der Waals surface area (Å²) in [4.78, 5) is 23.1. The third-order valence-electron chi connectivity index (χ3n) is 8.32. The third kappa shape index (κ3) is 7.05. The number of methoxy groups -OCH3 is 1. The molecule has 0 saturated carbocycles. The molecule has 1 atom stereocenters. The van der Waals surface area contributed by atoms with Crippen LogP contribution in [0.4, 0.5) is 4.39 Å². The first-order valence-electron chi connectivity index (χ1n) is 14.1. The Morgan fingerprint density at radius 3 is 2.76 bits per heavy atom. The van der Waals surface area contributed by atoms with Gasteiger partial charge in [0.1, 0.15) is 11.9 Å². The number of alkyl halides is 1. The molecule has 8 nitrogen and oxygen atoms in total. The van der Waals surface area contributed by atoms with Crippen molar-refractivity contribution in [2.45, 2.75) is 38.4 Å². The van der Waals surface area contributed by atoms with Gasteiger partial charge in [0.05, 0.1) is 42.7 Å². The molecular formula is C31H37FN4O4S. The Morgan fingerprint density at radius 1 is 1.24 bits per heavy atom. The Hall–Kier alpha value is -3.07. The molecule has 2 aliphatic rings. The molecule has 1 amide bonds. The molecule has 10 heteroatoms. The van der Waals surface area contributed by atoms with Gasteiger partial charge in [0, 0.05) is 49.9 Å². The minimum Gasteiger partial charge on any atom is -0.497 e. The molecular weight excluding hydrogens is 543 g/mol. The highest BCUT2D eigenvalue weighted by atomic mass is 32.1. The number of thiophene rings is 1. The van der Waals surface area contributed by atoms with Crippen molar-refractivity contribution in [1.82, 2.24) is 20.3 Å². The average molecular weight is 581 g/mol. The molecule has 1 unspecified atom stereocenters. The summed E-state index contributed by atoms with van der Waals surface area (Å²) < 4.78 is 27.4. The fourth-order valence-electron chi connectivity index (χ4n) is 5.84. The third-order valence-corrected chi connectivity index (χ3v) is 9.10. The molecule has 2 fully saturated rings. The van der Waals surface area contributed by atoms with Crippen molar-refractivity contribution in [3.8, 4) is 17.6 Å². The summed E-state index contributed by atoms with van der Waals surface area (Å²) in [6, 6.07) is 9.49. The zero-order valence-corrected chi connectivity index (χ0v) is 24.2. The number of fused-ring (bicyclic) bond motifs is 1. The topological polar surface area (TPSA) is 87.2 Å². The molecule has 4 heterocycles. The molecule has 218 valence electrons. The van der Waals surface area contributed by atoms with Gasteiger partial charge in [0.25, 0.3) is 0 Å². The first-order chi connectivity index (χ1) is 20.0. The molecule has 0 bridgehead atoms. The van der Waals surface area contributed by atoms with E-state index in [1.54, 1.807) is 24.6 Å². The lowest BCUT2D eigenvalue weighted by atomic mass is 9.73. The van der Waals surface area contributed by atoms with Gasteiger partial charge in [-0.2, -0.15) is 0 Å². The van der Waals surface area contributed by atoms with Gasteiger partial charge in [-0.05, 0) is 60.9 Å². The maximum Gasteiger partial charge on any atom is 0.249 e. The predicted molar refractivity (Wildman–Crippen MR) is 157 cm³/mol. The minimum absolute atomic E-state index is 0.151. The number of ether oxygens (including phenoxy) is 2. The first kappa shape index (κ1) is 29.4. The molecule has 2 aromatic heterocycles. The lowest BCUT2D eigenvalue weighted by Gasteiger charge is -2.40. The van der Waals surface area contributed by atoms with Crippen molar-refractivity contribution >= 4 is 28.1 Å². The van der Waals surface area contributed by atoms with Crippen LogP contribution in [0.5, 0.6) is 5.75 Å². The Labute approximate surface area is 244 Å². The number of pyridine rings is 1. The van der Waals surface area contributed by atoms with Crippen molar-refractivity contribution in [1.29, 1.82) is 0 Å². The Morgan fingerprint density at radius 2 is 2.05 bits per heavy atom. The number of rotatable bonds is 9. The van der Waals surface area contributed by atoms with Crippen LogP contribution < -0.4 is 10.2 Å². The van der Waals surface area contributed by atoms with E-state index in [9.17, 15) is 10.0 Å². The standard InChI is InChI=1S/C31H37FN4O4S/c1-39-24-6-7-28-26(20-24)29(23(21-33-28)22-36-15-17-40-18-16-36)27(32)8-9-31(30(37)34-38)10-13-35(14-11-31)12-2-4-25-5-3-19-41-25/h3,5-7,19-21,27,38H,8-18,22H2,1H3,(H,34,37). The van der Waals surface area contributed by atoms with Gasteiger partial charge < -0.3 is 9.47 Å². The number of benzene rings is 1. The fourth-order valence-corrected chi connectivity index (χ4v) is 6.43. The van der Waals surface area contributed by atoms with Crippen LogP contribution in [0, 0.1) is 17.3 Å². The van der Waals surface area contributed by atoms with Crippen molar-refractivity contribution in [2.75, 3.05) is 53.0 Å². The van der Waals surface area contributed by atoms with E-state index in [0.717, 1.165) is 28.9 Å². The van der Waals surface area contributed by atoms with Gasteiger partial charge in [-0.15, -0.1) is 11.3 Å². The van der Waals surface area contributed by atoms with Crippen molar-refractivity contribution < 1.29 is 23.9 Å². The van der Waals surface area contributed by atoms with Gasteiger partial charge in [0.2, 0.25) is 5.91 Å². The normalized spacial score (nSPS) is 18.4. The molecule has 0 radical (unpaired) electrons. The van der Waals surface area contributed by atoms with Crippen LogP contribution in [-0.2, 0) is 16.1 Å². The number of halogens is 1. The first-order valence-corrected chi connectivity index (χ1v) is 15.0. The number of hydrogen-bond acceptors (Lipinski definition) is 8. The maximum absolute atomic E-state index is 16.5. The van der Waals surface area contributed by atoms with E-state index in [1.807, 2.05) is 41.2 Å². The maximum atomic E-state index is 16.5. The number of carbonyl (C=O) groups is 1.